The second-order valence-corrected chi connectivity index (χ2v) is 3.95. The summed E-state index contributed by atoms with van der Waals surface area (Å²) in [5.41, 5.74) is 0. The molecular formula is C11H17NO5. The number of ether oxygens (including phenoxy) is 2. The molecule has 6 nitrogen and oxygen atoms in total. The minimum absolute atomic E-state index is 0.242. The molecular weight excluding hydrogens is 226 g/mol. The molecule has 96 valence electrons. The summed E-state index contributed by atoms with van der Waals surface area (Å²) in [6.07, 6.45) is 1.20. The molecule has 0 aromatic heterocycles. The Morgan fingerprint density at radius 1 is 1.12 bits per heavy atom. The largest absolute Gasteiger partial charge is 0.469 e. The van der Waals surface area contributed by atoms with E-state index in [1.54, 1.807) is 0 Å². The molecule has 1 aliphatic rings. The number of nitrogens with zero attached hydrogens (tertiary/aromatic N) is 1. The zero-order valence-corrected chi connectivity index (χ0v) is 10.3. The van der Waals surface area contributed by atoms with Crippen molar-refractivity contribution in [3.05, 3.63) is 0 Å². The van der Waals surface area contributed by atoms with Crippen LogP contribution in [0.4, 0.5) is 0 Å². The van der Waals surface area contributed by atoms with Gasteiger partial charge in [0.2, 0.25) is 5.91 Å². The number of likely N-dealkylation sites (tertiary alicyclic amines) is 1. The van der Waals surface area contributed by atoms with Crippen LogP contribution in [0.1, 0.15) is 19.8 Å². The fraction of sp³-hybridized carbons (Fsp3) is 0.727. The maximum Gasteiger partial charge on any atom is 0.329 e. The van der Waals surface area contributed by atoms with Crippen molar-refractivity contribution in [3.8, 4) is 0 Å². The van der Waals surface area contributed by atoms with E-state index in [9.17, 15) is 14.4 Å². The van der Waals surface area contributed by atoms with E-state index in [4.69, 9.17) is 0 Å². The van der Waals surface area contributed by atoms with Gasteiger partial charge in [-0.2, -0.15) is 0 Å². The van der Waals surface area contributed by atoms with Crippen LogP contribution < -0.4 is 0 Å². The van der Waals surface area contributed by atoms with Crippen LogP contribution in [0.2, 0.25) is 0 Å². The third-order valence-corrected chi connectivity index (χ3v) is 2.98. The standard InChI is InChI=1S/C11H17NO5/c1-7(13)12-6-4-5-8(10(14)16-2)9(12)11(15)17-3/h8-9H,4-6H2,1-3H3/t8-,9+/m0/s1. The number of piperidine rings is 1. The Balaban J connectivity index is 2.98. The smallest absolute Gasteiger partial charge is 0.329 e. The molecule has 1 aliphatic heterocycles. The van der Waals surface area contributed by atoms with Crippen LogP contribution in [0.5, 0.6) is 0 Å². The molecule has 0 saturated carbocycles. The Morgan fingerprint density at radius 2 is 1.71 bits per heavy atom. The molecule has 1 rings (SSSR count). The minimum atomic E-state index is -0.862. The molecule has 17 heavy (non-hydrogen) atoms. The number of carbonyl (C=O) groups is 3. The lowest BCUT2D eigenvalue weighted by molar-refractivity contribution is -0.165. The fourth-order valence-electron chi connectivity index (χ4n) is 2.16. The lowest BCUT2D eigenvalue weighted by Crippen LogP contribution is -2.54. The fourth-order valence-corrected chi connectivity index (χ4v) is 2.16. The molecule has 0 radical (unpaired) electrons. The molecule has 1 saturated heterocycles. The molecule has 0 aliphatic carbocycles. The van der Waals surface area contributed by atoms with Gasteiger partial charge in [0.25, 0.3) is 0 Å². The van der Waals surface area contributed by atoms with Gasteiger partial charge in [-0.1, -0.05) is 0 Å². The van der Waals surface area contributed by atoms with E-state index in [1.165, 1.54) is 26.0 Å². The van der Waals surface area contributed by atoms with Gasteiger partial charge in [-0.15, -0.1) is 0 Å². The number of esters is 2. The van der Waals surface area contributed by atoms with E-state index in [1.807, 2.05) is 0 Å². The van der Waals surface area contributed by atoms with Crippen molar-refractivity contribution in [2.75, 3.05) is 20.8 Å². The lowest BCUT2D eigenvalue weighted by Gasteiger charge is -2.37. The number of hydrogen-bond donors (Lipinski definition) is 0. The number of methoxy groups -OCH3 is 2. The monoisotopic (exact) mass is 243 g/mol. The molecule has 0 unspecified atom stereocenters. The van der Waals surface area contributed by atoms with Gasteiger partial charge in [-0.25, -0.2) is 4.79 Å². The van der Waals surface area contributed by atoms with Gasteiger partial charge in [-0.3, -0.25) is 9.59 Å². The van der Waals surface area contributed by atoms with Crippen LogP contribution in [0, 0.1) is 5.92 Å². The van der Waals surface area contributed by atoms with Crippen molar-refractivity contribution in [2.45, 2.75) is 25.8 Å². The van der Waals surface area contributed by atoms with Gasteiger partial charge < -0.3 is 14.4 Å². The van der Waals surface area contributed by atoms with Crippen LogP contribution >= 0.6 is 0 Å². The van der Waals surface area contributed by atoms with Crippen LogP contribution in [-0.4, -0.2) is 49.6 Å². The molecule has 6 heteroatoms. The zero-order valence-electron chi connectivity index (χ0n) is 10.3. The quantitative estimate of drug-likeness (QED) is 0.636. The summed E-state index contributed by atoms with van der Waals surface area (Å²) in [6, 6.07) is -0.862. The zero-order chi connectivity index (χ0) is 13.0. The molecule has 0 spiro atoms. The van der Waals surface area contributed by atoms with Crippen LogP contribution in [-0.2, 0) is 23.9 Å². The third kappa shape index (κ3) is 2.75. The highest BCUT2D eigenvalue weighted by Crippen LogP contribution is 2.25. The number of hydrogen-bond acceptors (Lipinski definition) is 5. The van der Waals surface area contributed by atoms with Crippen LogP contribution in [0.15, 0.2) is 0 Å². The van der Waals surface area contributed by atoms with Crippen molar-refractivity contribution in [3.63, 3.8) is 0 Å². The third-order valence-electron chi connectivity index (χ3n) is 2.98. The molecule has 0 N–H and O–H groups in total. The highest BCUT2D eigenvalue weighted by molar-refractivity contribution is 5.89. The topological polar surface area (TPSA) is 72.9 Å². The van der Waals surface area contributed by atoms with Crippen molar-refractivity contribution >= 4 is 17.8 Å². The molecule has 2 atom stereocenters. The maximum absolute atomic E-state index is 11.7. The molecule has 1 fully saturated rings. The van der Waals surface area contributed by atoms with E-state index >= 15 is 0 Å². The summed E-state index contributed by atoms with van der Waals surface area (Å²) < 4.78 is 9.31. The van der Waals surface area contributed by atoms with Gasteiger partial charge >= 0.3 is 11.9 Å². The Kier molecular flexibility index (Phi) is 4.48. The average molecular weight is 243 g/mol. The Morgan fingerprint density at radius 3 is 2.18 bits per heavy atom. The van der Waals surface area contributed by atoms with Crippen LogP contribution in [0.25, 0.3) is 0 Å². The summed E-state index contributed by atoms with van der Waals surface area (Å²) in [7, 11) is 2.51. The van der Waals surface area contributed by atoms with Gasteiger partial charge in [0.15, 0.2) is 0 Å². The van der Waals surface area contributed by atoms with E-state index in [2.05, 4.69) is 9.47 Å². The van der Waals surface area contributed by atoms with Crippen LogP contribution in [0.3, 0.4) is 0 Å². The highest BCUT2D eigenvalue weighted by atomic mass is 16.5. The summed E-state index contributed by atoms with van der Waals surface area (Å²) in [4.78, 5) is 36.1. The first-order valence-corrected chi connectivity index (χ1v) is 5.45. The molecule has 0 bridgehead atoms. The van der Waals surface area contributed by atoms with Gasteiger partial charge in [0.1, 0.15) is 6.04 Å². The second kappa shape index (κ2) is 5.65. The van der Waals surface area contributed by atoms with E-state index in [0.29, 0.717) is 19.4 Å². The predicted molar refractivity (Wildman–Crippen MR) is 57.9 cm³/mol. The van der Waals surface area contributed by atoms with Crippen molar-refractivity contribution in [1.82, 2.24) is 4.90 Å². The highest BCUT2D eigenvalue weighted by Gasteiger charge is 2.43. The summed E-state index contributed by atoms with van der Waals surface area (Å²) in [6.45, 7) is 1.83. The van der Waals surface area contributed by atoms with Gasteiger partial charge in [-0.05, 0) is 12.8 Å². The molecule has 0 aromatic carbocycles. The Labute approximate surface area is 99.9 Å². The predicted octanol–water partition coefficient (Wildman–Crippen LogP) is -0.0405. The number of amides is 1. The maximum atomic E-state index is 11.7. The summed E-state index contributed by atoms with van der Waals surface area (Å²) in [5, 5.41) is 0. The summed E-state index contributed by atoms with van der Waals surface area (Å²) >= 11 is 0. The first kappa shape index (κ1) is 13.5. The van der Waals surface area contributed by atoms with E-state index < -0.39 is 23.9 Å². The van der Waals surface area contributed by atoms with Gasteiger partial charge in [0, 0.05) is 13.5 Å². The Bertz CT molecular complexity index is 328. The molecule has 0 aromatic rings. The Hall–Kier alpha value is -1.59. The van der Waals surface area contributed by atoms with Gasteiger partial charge in [0.05, 0.1) is 20.1 Å². The van der Waals surface area contributed by atoms with Crippen molar-refractivity contribution in [2.24, 2.45) is 5.92 Å². The summed E-state index contributed by atoms with van der Waals surface area (Å²) in [5.74, 6) is -1.93. The lowest BCUT2D eigenvalue weighted by atomic mass is 9.89. The van der Waals surface area contributed by atoms with Crippen molar-refractivity contribution < 1.29 is 23.9 Å². The normalized spacial score (nSPS) is 24.1. The SMILES string of the molecule is COC(=O)[C@H]1CCCN(C(C)=O)[C@H]1C(=O)OC. The number of carbonyl (C=O) groups excluding carboxylic acids is 3. The molecule has 1 amide bonds. The van der Waals surface area contributed by atoms with E-state index in [-0.39, 0.29) is 5.91 Å². The minimum Gasteiger partial charge on any atom is -0.469 e. The van der Waals surface area contributed by atoms with Crippen molar-refractivity contribution in [1.29, 1.82) is 0 Å². The van der Waals surface area contributed by atoms with E-state index in [0.717, 1.165) is 0 Å². The second-order valence-electron chi connectivity index (χ2n) is 3.95. The molecule has 1 heterocycles. The average Bonchev–Trinajstić information content (AvgIpc) is 2.35. The first-order chi connectivity index (χ1) is 8.02. The number of rotatable bonds is 2. The first-order valence-electron chi connectivity index (χ1n) is 5.45.